The standard InChI is InChI=1S/C22H27NO2/c1-16-15-23(3)17(2)14-20(16)25-22(24)21(18-10-6-4-7-11-18)19-12-8-5-9-13-19/h4-13,16-17,20-21H,14-15H2,1-3H3/p+1/t16-,17+,20-/m1/s1. The smallest absolute Gasteiger partial charge is 0.318 e. The third-order valence-electron chi connectivity index (χ3n) is 5.47. The second-order valence-corrected chi connectivity index (χ2v) is 7.39. The van der Waals surface area contributed by atoms with Gasteiger partial charge in [0, 0.05) is 12.3 Å². The maximum absolute atomic E-state index is 13.1. The molecule has 132 valence electrons. The van der Waals surface area contributed by atoms with Crippen LogP contribution in [-0.4, -0.2) is 31.7 Å². The minimum absolute atomic E-state index is 0.00104. The van der Waals surface area contributed by atoms with Gasteiger partial charge in [0.1, 0.15) is 12.0 Å². The first kappa shape index (κ1) is 17.7. The molecule has 0 spiro atoms. The molecule has 3 rings (SSSR count). The van der Waals surface area contributed by atoms with E-state index in [2.05, 4.69) is 20.9 Å². The molecule has 1 unspecified atom stereocenters. The molecule has 1 fully saturated rings. The molecular formula is C22H28NO2+. The topological polar surface area (TPSA) is 30.7 Å². The fourth-order valence-electron chi connectivity index (χ4n) is 3.76. The Morgan fingerprint density at radius 3 is 2.04 bits per heavy atom. The average molecular weight is 338 g/mol. The van der Waals surface area contributed by atoms with Gasteiger partial charge in [0.25, 0.3) is 0 Å². The highest BCUT2D eigenvalue weighted by Gasteiger charge is 2.36. The van der Waals surface area contributed by atoms with E-state index in [0.717, 1.165) is 24.1 Å². The van der Waals surface area contributed by atoms with Crippen molar-refractivity contribution in [3.05, 3.63) is 71.8 Å². The van der Waals surface area contributed by atoms with Crippen molar-refractivity contribution in [2.45, 2.75) is 38.3 Å². The van der Waals surface area contributed by atoms with E-state index in [1.807, 2.05) is 60.7 Å². The number of nitrogens with one attached hydrogen (secondary N) is 1. The predicted octanol–water partition coefficient (Wildman–Crippen LogP) is 2.67. The van der Waals surface area contributed by atoms with E-state index in [1.54, 1.807) is 0 Å². The number of rotatable bonds is 4. The Kier molecular flexibility index (Phi) is 5.54. The molecule has 2 aromatic carbocycles. The monoisotopic (exact) mass is 338 g/mol. The van der Waals surface area contributed by atoms with Crippen LogP contribution in [0.15, 0.2) is 60.7 Å². The van der Waals surface area contributed by atoms with Crippen molar-refractivity contribution >= 4 is 5.97 Å². The van der Waals surface area contributed by atoms with Gasteiger partial charge < -0.3 is 9.64 Å². The summed E-state index contributed by atoms with van der Waals surface area (Å²) < 4.78 is 6.04. The van der Waals surface area contributed by atoms with Gasteiger partial charge in [-0.05, 0) is 18.1 Å². The molecule has 0 aliphatic carbocycles. The Bertz CT molecular complexity index is 646. The lowest BCUT2D eigenvalue weighted by Gasteiger charge is -2.37. The maximum Gasteiger partial charge on any atom is 0.318 e. The zero-order chi connectivity index (χ0) is 17.8. The Balaban J connectivity index is 1.83. The van der Waals surface area contributed by atoms with E-state index < -0.39 is 0 Å². The molecule has 1 saturated heterocycles. The van der Waals surface area contributed by atoms with Gasteiger partial charge in [0.05, 0.1) is 19.6 Å². The molecule has 0 aromatic heterocycles. The maximum atomic E-state index is 13.1. The van der Waals surface area contributed by atoms with Crippen molar-refractivity contribution in [3.8, 4) is 0 Å². The number of esters is 1. The number of quaternary nitrogens is 1. The molecule has 3 nitrogen and oxygen atoms in total. The summed E-state index contributed by atoms with van der Waals surface area (Å²) >= 11 is 0. The lowest BCUT2D eigenvalue weighted by Crippen LogP contribution is -3.14. The van der Waals surface area contributed by atoms with E-state index in [1.165, 1.54) is 4.90 Å². The number of ether oxygens (including phenoxy) is 1. The summed E-state index contributed by atoms with van der Waals surface area (Å²) in [5.74, 6) is -0.120. The van der Waals surface area contributed by atoms with E-state index >= 15 is 0 Å². The zero-order valence-corrected chi connectivity index (χ0v) is 15.3. The first-order chi connectivity index (χ1) is 12.1. The zero-order valence-electron chi connectivity index (χ0n) is 15.3. The normalized spacial score (nSPS) is 26.4. The molecule has 1 N–H and O–H groups in total. The van der Waals surface area contributed by atoms with Crippen LogP contribution in [0.2, 0.25) is 0 Å². The second-order valence-electron chi connectivity index (χ2n) is 7.39. The van der Waals surface area contributed by atoms with E-state index in [-0.39, 0.29) is 18.0 Å². The van der Waals surface area contributed by atoms with Gasteiger partial charge in [0.2, 0.25) is 0 Å². The average Bonchev–Trinajstić information content (AvgIpc) is 2.62. The number of benzene rings is 2. The lowest BCUT2D eigenvalue weighted by atomic mass is 9.90. The molecule has 1 aliphatic rings. The summed E-state index contributed by atoms with van der Waals surface area (Å²) in [6.07, 6.45) is 0.927. The summed E-state index contributed by atoms with van der Waals surface area (Å²) in [6, 6.07) is 20.4. The van der Waals surface area contributed by atoms with Crippen LogP contribution < -0.4 is 4.90 Å². The van der Waals surface area contributed by atoms with Crippen molar-refractivity contribution in [2.24, 2.45) is 5.92 Å². The SMILES string of the molecule is C[C@@H]1C[NH+](C)[C@@H](C)C[C@H]1OC(=O)C(c1ccccc1)c1ccccc1. The molecule has 0 bridgehead atoms. The predicted molar refractivity (Wildman–Crippen MR) is 99.6 cm³/mol. The third-order valence-corrected chi connectivity index (χ3v) is 5.47. The number of hydrogen-bond donors (Lipinski definition) is 1. The quantitative estimate of drug-likeness (QED) is 0.869. The number of likely N-dealkylation sites (tertiary alicyclic amines) is 1. The highest BCUT2D eigenvalue weighted by atomic mass is 16.5. The fourth-order valence-corrected chi connectivity index (χ4v) is 3.76. The van der Waals surface area contributed by atoms with Gasteiger partial charge >= 0.3 is 5.97 Å². The lowest BCUT2D eigenvalue weighted by molar-refractivity contribution is -0.914. The van der Waals surface area contributed by atoms with Crippen molar-refractivity contribution < 1.29 is 14.4 Å². The van der Waals surface area contributed by atoms with Crippen LogP contribution in [-0.2, 0) is 9.53 Å². The van der Waals surface area contributed by atoms with Crippen LogP contribution in [0.1, 0.15) is 37.3 Å². The molecule has 2 aromatic rings. The number of piperidine rings is 1. The minimum Gasteiger partial charge on any atom is -0.461 e. The fraction of sp³-hybridized carbons (Fsp3) is 0.409. The van der Waals surface area contributed by atoms with Crippen LogP contribution in [0.3, 0.4) is 0 Å². The summed E-state index contributed by atoms with van der Waals surface area (Å²) in [6.45, 7) is 5.46. The van der Waals surface area contributed by atoms with Crippen molar-refractivity contribution in [3.63, 3.8) is 0 Å². The minimum atomic E-state index is -0.364. The molecule has 25 heavy (non-hydrogen) atoms. The van der Waals surface area contributed by atoms with Crippen LogP contribution in [0.25, 0.3) is 0 Å². The third kappa shape index (κ3) is 4.10. The van der Waals surface area contributed by atoms with Crippen LogP contribution in [0.5, 0.6) is 0 Å². The number of carbonyl (C=O) groups excluding carboxylic acids is 1. The van der Waals surface area contributed by atoms with Crippen molar-refractivity contribution in [1.29, 1.82) is 0 Å². The summed E-state index contributed by atoms with van der Waals surface area (Å²) in [4.78, 5) is 14.6. The number of hydrogen-bond acceptors (Lipinski definition) is 2. The Labute approximate surface area is 150 Å². The van der Waals surface area contributed by atoms with Gasteiger partial charge in [-0.15, -0.1) is 0 Å². The Hall–Kier alpha value is -2.13. The highest BCUT2D eigenvalue weighted by molar-refractivity contribution is 5.82. The van der Waals surface area contributed by atoms with E-state index in [4.69, 9.17) is 4.74 Å². The summed E-state index contributed by atoms with van der Waals surface area (Å²) in [7, 11) is 2.22. The van der Waals surface area contributed by atoms with Crippen LogP contribution >= 0.6 is 0 Å². The molecule has 0 radical (unpaired) electrons. The van der Waals surface area contributed by atoms with Crippen molar-refractivity contribution in [1.82, 2.24) is 0 Å². The van der Waals surface area contributed by atoms with E-state index in [9.17, 15) is 4.79 Å². The molecule has 1 heterocycles. The molecule has 4 atom stereocenters. The molecular weight excluding hydrogens is 310 g/mol. The van der Waals surface area contributed by atoms with Gasteiger partial charge in [0.15, 0.2) is 0 Å². The summed E-state index contributed by atoms with van der Waals surface area (Å²) in [5.41, 5.74) is 1.97. The van der Waals surface area contributed by atoms with Gasteiger partial charge in [-0.25, -0.2) is 0 Å². The van der Waals surface area contributed by atoms with Crippen molar-refractivity contribution in [2.75, 3.05) is 13.6 Å². The van der Waals surface area contributed by atoms with Gasteiger partial charge in [-0.1, -0.05) is 67.6 Å². The number of carbonyl (C=O) groups is 1. The van der Waals surface area contributed by atoms with Gasteiger partial charge in [-0.2, -0.15) is 0 Å². The Morgan fingerprint density at radius 2 is 1.52 bits per heavy atom. The Morgan fingerprint density at radius 1 is 1.00 bits per heavy atom. The first-order valence-corrected chi connectivity index (χ1v) is 9.19. The molecule has 0 amide bonds. The van der Waals surface area contributed by atoms with E-state index in [0.29, 0.717) is 12.0 Å². The second kappa shape index (κ2) is 7.83. The van der Waals surface area contributed by atoms with Crippen LogP contribution in [0, 0.1) is 5.92 Å². The van der Waals surface area contributed by atoms with Gasteiger partial charge in [-0.3, -0.25) is 4.79 Å². The largest absolute Gasteiger partial charge is 0.461 e. The highest BCUT2D eigenvalue weighted by Crippen LogP contribution is 2.28. The molecule has 3 heteroatoms. The molecule has 1 aliphatic heterocycles. The summed E-state index contributed by atoms with van der Waals surface area (Å²) in [5, 5.41) is 0. The first-order valence-electron chi connectivity index (χ1n) is 9.19. The molecule has 0 saturated carbocycles. The van der Waals surface area contributed by atoms with Crippen LogP contribution in [0.4, 0.5) is 0 Å².